The van der Waals surface area contributed by atoms with Crippen LogP contribution in [0.5, 0.6) is 11.5 Å². The van der Waals surface area contributed by atoms with Crippen LogP contribution in [0.2, 0.25) is 0 Å². The standard InChI is InChI=1S/C16H24N2O5S/c1-3-17-12(2)11-18-16(19)6-9-24(20,21)13-4-5-14-15(10-13)23-8-7-22-14/h4-5,10,12,17H,3,6-9,11H2,1-2H3,(H,18,19)/t12-/m1/s1. The van der Waals surface area contributed by atoms with Gasteiger partial charge < -0.3 is 20.1 Å². The third kappa shape index (κ3) is 5.10. The number of carbonyl (C=O) groups is 1. The summed E-state index contributed by atoms with van der Waals surface area (Å²) in [5, 5.41) is 5.90. The van der Waals surface area contributed by atoms with Gasteiger partial charge in [0.15, 0.2) is 21.3 Å². The van der Waals surface area contributed by atoms with Crippen LogP contribution in [-0.4, -0.2) is 52.4 Å². The monoisotopic (exact) mass is 356 g/mol. The SMILES string of the molecule is CCN[C@H](C)CNC(=O)CCS(=O)(=O)c1ccc2c(c1)OCCO2. The van der Waals surface area contributed by atoms with Crippen LogP contribution < -0.4 is 20.1 Å². The van der Waals surface area contributed by atoms with Gasteiger partial charge in [0.05, 0.1) is 10.6 Å². The lowest BCUT2D eigenvalue weighted by molar-refractivity contribution is -0.120. The maximum absolute atomic E-state index is 12.4. The van der Waals surface area contributed by atoms with Crippen LogP contribution in [0.3, 0.4) is 0 Å². The summed E-state index contributed by atoms with van der Waals surface area (Å²) in [5.74, 6) is 0.441. The molecule has 24 heavy (non-hydrogen) atoms. The normalized spacial score (nSPS) is 14.9. The molecule has 0 aromatic heterocycles. The van der Waals surface area contributed by atoms with Crippen molar-refractivity contribution in [2.75, 3.05) is 32.1 Å². The van der Waals surface area contributed by atoms with Gasteiger partial charge in [0.25, 0.3) is 0 Å². The fourth-order valence-electron chi connectivity index (χ4n) is 2.34. The molecule has 1 heterocycles. The quantitative estimate of drug-likeness (QED) is 0.713. The number of nitrogens with one attached hydrogen (secondary N) is 2. The zero-order valence-electron chi connectivity index (χ0n) is 14.0. The number of benzene rings is 1. The van der Waals surface area contributed by atoms with E-state index in [9.17, 15) is 13.2 Å². The van der Waals surface area contributed by atoms with Crippen LogP contribution in [0, 0.1) is 0 Å². The highest BCUT2D eigenvalue weighted by atomic mass is 32.2. The van der Waals surface area contributed by atoms with Crippen LogP contribution in [0.25, 0.3) is 0 Å². The molecule has 0 saturated carbocycles. The molecule has 1 aliphatic heterocycles. The summed E-state index contributed by atoms with van der Waals surface area (Å²) in [4.78, 5) is 12.0. The highest BCUT2D eigenvalue weighted by Gasteiger charge is 2.20. The van der Waals surface area contributed by atoms with Gasteiger partial charge in [0.1, 0.15) is 13.2 Å². The van der Waals surface area contributed by atoms with Crippen molar-refractivity contribution in [2.24, 2.45) is 0 Å². The third-order valence-corrected chi connectivity index (χ3v) is 5.34. The molecule has 8 heteroatoms. The molecule has 1 aromatic rings. The molecule has 0 spiro atoms. The van der Waals surface area contributed by atoms with Gasteiger partial charge in [-0.15, -0.1) is 0 Å². The molecule has 0 saturated heterocycles. The molecule has 7 nitrogen and oxygen atoms in total. The molecular formula is C16H24N2O5S. The minimum atomic E-state index is -3.55. The maximum atomic E-state index is 12.4. The summed E-state index contributed by atoms with van der Waals surface area (Å²) >= 11 is 0. The summed E-state index contributed by atoms with van der Waals surface area (Å²) in [5.41, 5.74) is 0. The Hall–Kier alpha value is -1.80. The van der Waals surface area contributed by atoms with Crippen LogP contribution in [-0.2, 0) is 14.6 Å². The Bertz CT molecular complexity index is 675. The minimum Gasteiger partial charge on any atom is -0.486 e. The van der Waals surface area contributed by atoms with Gasteiger partial charge in [0, 0.05) is 25.1 Å². The first kappa shape index (κ1) is 18.5. The first-order valence-electron chi connectivity index (χ1n) is 8.05. The van der Waals surface area contributed by atoms with E-state index in [0.29, 0.717) is 31.3 Å². The maximum Gasteiger partial charge on any atom is 0.221 e. The number of likely N-dealkylation sites (N-methyl/N-ethyl adjacent to an activating group) is 1. The van der Waals surface area contributed by atoms with Gasteiger partial charge >= 0.3 is 0 Å². The second-order valence-electron chi connectivity index (χ2n) is 5.64. The van der Waals surface area contributed by atoms with Gasteiger partial charge in [0.2, 0.25) is 5.91 Å². The smallest absolute Gasteiger partial charge is 0.221 e. The molecule has 1 aromatic carbocycles. The van der Waals surface area contributed by atoms with E-state index < -0.39 is 9.84 Å². The lowest BCUT2D eigenvalue weighted by atomic mass is 10.3. The number of sulfone groups is 1. The van der Waals surface area contributed by atoms with Crippen molar-refractivity contribution in [2.45, 2.75) is 31.2 Å². The van der Waals surface area contributed by atoms with E-state index in [1.54, 1.807) is 6.07 Å². The highest BCUT2D eigenvalue weighted by Crippen LogP contribution is 2.32. The van der Waals surface area contributed by atoms with Gasteiger partial charge in [-0.3, -0.25) is 4.79 Å². The van der Waals surface area contributed by atoms with E-state index in [1.165, 1.54) is 12.1 Å². The third-order valence-electron chi connectivity index (χ3n) is 3.63. The summed E-state index contributed by atoms with van der Waals surface area (Å²) < 4.78 is 35.5. The van der Waals surface area contributed by atoms with E-state index in [1.807, 2.05) is 13.8 Å². The fourth-order valence-corrected chi connectivity index (χ4v) is 3.59. The Morgan fingerprint density at radius 2 is 1.96 bits per heavy atom. The van der Waals surface area contributed by atoms with Crippen molar-refractivity contribution in [3.8, 4) is 11.5 Å². The number of amides is 1. The summed E-state index contributed by atoms with van der Waals surface area (Å²) in [6.45, 7) is 6.06. The molecule has 2 N–H and O–H groups in total. The summed E-state index contributed by atoms with van der Waals surface area (Å²) in [7, 11) is -3.55. The van der Waals surface area contributed by atoms with Crippen LogP contribution in [0.1, 0.15) is 20.3 Å². The van der Waals surface area contributed by atoms with Gasteiger partial charge in [-0.05, 0) is 25.6 Å². The fraction of sp³-hybridized carbons (Fsp3) is 0.562. The molecule has 0 unspecified atom stereocenters. The zero-order chi connectivity index (χ0) is 17.6. The molecule has 1 amide bonds. The molecule has 0 aliphatic carbocycles. The topological polar surface area (TPSA) is 93.7 Å². The van der Waals surface area contributed by atoms with Crippen molar-refractivity contribution < 1.29 is 22.7 Å². The molecule has 1 aliphatic rings. The number of carbonyl (C=O) groups excluding carboxylic acids is 1. The lowest BCUT2D eigenvalue weighted by Gasteiger charge is -2.18. The van der Waals surface area contributed by atoms with Crippen LogP contribution in [0.4, 0.5) is 0 Å². The first-order chi connectivity index (χ1) is 11.4. The Kier molecular flexibility index (Phi) is 6.44. The largest absolute Gasteiger partial charge is 0.486 e. The van der Waals surface area contributed by atoms with Gasteiger partial charge in [-0.25, -0.2) is 8.42 Å². The minimum absolute atomic E-state index is 0.0738. The average Bonchev–Trinajstić information content (AvgIpc) is 2.58. The van der Waals surface area contributed by atoms with Crippen molar-refractivity contribution in [3.63, 3.8) is 0 Å². The summed E-state index contributed by atoms with van der Waals surface area (Å²) in [6, 6.07) is 4.66. The number of fused-ring (bicyclic) bond motifs is 1. The summed E-state index contributed by atoms with van der Waals surface area (Å²) in [6.07, 6.45) is -0.0738. The lowest BCUT2D eigenvalue weighted by Crippen LogP contribution is -2.39. The van der Waals surface area contributed by atoms with Crippen molar-refractivity contribution in [1.82, 2.24) is 10.6 Å². The highest BCUT2D eigenvalue weighted by molar-refractivity contribution is 7.91. The van der Waals surface area contributed by atoms with E-state index in [2.05, 4.69) is 10.6 Å². The van der Waals surface area contributed by atoms with Crippen molar-refractivity contribution >= 4 is 15.7 Å². The zero-order valence-corrected chi connectivity index (χ0v) is 14.8. The number of hydrogen-bond acceptors (Lipinski definition) is 6. The Labute approximate surface area is 142 Å². The molecular weight excluding hydrogens is 332 g/mol. The van der Waals surface area contributed by atoms with E-state index in [0.717, 1.165) is 6.54 Å². The second kappa shape index (κ2) is 8.34. The number of hydrogen-bond donors (Lipinski definition) is 2. The average molecular weight is 356 g/mol. The Morgan fingerprint density at radius 1 is 1.25 bits per heavy atom. The first-order valence-corrected chi connectivity index (χ1v) is 9.70. The Morgan fingerprint density at radius 3 is 2.67 bits per heavy atom. The van der Waals surface area contributed by atoms with Crippen LogP contribution >= 0.6 is 0 Å². The van der Waals surface area contributed by atoms with Crippen molar-refractivity contribution in [3.05, 3.63) is 18.2 Å². The molecule has 1 atom stereocenters. The van der Waals surface area contributed by atoms with Gasteiger partial charge in [-0.2, -0.15) is 0 Å². The molecule has 0 fully saturated rings. The number of rotatable bonds is 8. The van der Waals surface area contributed by atoms with Gasteiger partial charge in [-0.1, -0.05) is 6.92 Å². The molecule has 134 valence electrons. The molecule has 0 bridgehead atoms. The van der Waals surface area contributed by atoms with E-state index in [4.69, 9.17) is 9.47 Å². The molecule has 0 radical (unpaired) electrons. The number of ether oxygens (including phenoxy) is 2. The molecule has 2 rings (SSSR count). The van der Waals surface area contributed by atoms with E-state index >= 15 is 0 Å². The Balaban J connectivity index is 1.90. The van der Waals surface area contributed by atoms with Crippen LogP contribution in [0.15, 0.2) is 23.1 Å². The predicted molar refractivity (Wildman–Crippen MR) is 90.3 cm³/mol. The van der Waals surface area contributed by atoms with Crippen molar-refractivity contribution in [1.29, 1.82) is 0 Å². The predicted octanol–water partition coefficient (Wildman–Crippen LogP) is 0.736. The van der Waals surface area contributed by atoms with E-state index in [-0.39, 0.29) is 29.0 Å². The second-order valence-corrected chi connectivity index (χ2v) is 7.75.